The van der Waals surface area contributed by atoms with Gasteiger partial charge in [-0.05, 0) is 41.8 Å². The Morgan fingerprint density at radius 2 is 1.94 bits per heavy atom. The average molecular weight is 259 g/mol. The molecule has 16 heavy (non-hydrogen) atoms. The Balaban J connectivity index is 3.58. The van der Waals surface area contributed by atoms with E-state index in [-0.39, 0.29) is 10.5 Å². The molecule has 0 aromatic heterocycles. The summed E-state index contributed by atoms with van der Waals surface area (Å²) in [6, 6.07) is 4.29. The van der Waals surface area contributed by atoms with E-state index < -0.39 is 15.1 Å². The van der Waals surface area contributed by atoms with E-state index in [1.54, 1.807) is 6.92 Å². The maximum atomic E-state index is 11.5. The monoisotopic (exact) mass is 258 g/mol. The van der Waals surface area contributed by atoms with Crippen molar-refractivity contribution in [3.05, 3.63) is 35.9 Å². The third-order valence-corrected chi connectivity index (χ3v) is 3.42. The van der Waals surface area contributed by atoms with Gasteiger partial charge in [0.05, 0.1) is 4.90 Å². The van der Waals surface area contributed by atoms with E-state index in [1.807, 2.05) is 0 Å². The van der Waals surface area contributed by atoms with Crippen LogP contribution in [0.25, 0.3) is 5.57 Å². The van der Waals surface area contributed by atoms with Crippen molar-refractivity contribution in [1.82, 2.24) is 0 Å². The molecule has 0 saturated carbocycles. The van der Waals surface area contributed by atoms with Crippen LogP contribution in [0.4, 0.5) is 0 Å². The molecule has 5 heteroatoms. The molecule has 1 rings (SSSR count). The standard InChI is InChI=1S/C11H11ClO3S/c1-7(2)9-5-4-8(11(12)13)6-10(9)16(3,14)15/h4-6H,1H2,2-3H3. The molecule has 0 N–H and O–H groups in total. The first-order valence-corrected chi connectivity index (χ1v) is 6.70. The van der Waals surface area contributed by atoms with Gasteiger partial charge in [0.1, 0.15) is 0 Å². The van der Waals surface area contributed by atoms with E-state index in [2.05, 4.69) is 6.58 Å². The predicted octanol–water partition coefficient (Wildman–Crippen LogP) is 2.50. The Hall–Kier alpha value is -1.13. The first-order chi connectivity index (χ1) is 7.23. The summed E-state index contributed by atoms with van der Waals surface area (Å²) in [7, 11) is -3.41. The van der Waals surface area contributed by atoms with Crippen LogP contribution in [-0.2, 0) is 9.84 Å². The Labute approximate surface area is 99.7 Å². The molecule has 0 bridgehead atoms. The van der Waals surface area contributed by atoms with Crippen LogP contribution < -0.4 is 0 Å². The zero-order chi connectivity index (χ0) is 12.5. The van der Waals surface area contributed by atoms with Gasteiger partial charge in [-0.2, -0.15) is 0 Å². The van der Waals surface area contributed by atoms with Crippen molar-refractivity contribution in [2.24, 2.45) is 0 Å². The van der Waals surface area contributed by atoms with Gasteiger partial charge in [0, 0.05) is 11.8 Å². The summed E-state index contributed by atoms with van der Waals surface area (Å²) in [5.41, 5.74) is 1.28. The van der Waals surface area contributed by atoms with Crippen molar-refractivity contribution >= 4 is 32.3 Å². The first kappa shape index (κ1) is 12.9. The topological polar surface area (TPSA) is 51.2 Å². The third-order valence-electron chi connectivity index (χ3n) is 2.07. The van der Waals surface area contributed by atoms with Crippen LogP contribution in [-0.4, -0.2) is 19.9 Å². The minimum atomic E-state index is -3.41. The summed E-state index contributed by atoms with van der Waals surface area (Å²) in [5, 5.41) is -0.682. The largest absolute Gasteiger partial charge is 0.276 e. The van der Waals surface area contributed by atoms with Gasteiger partial charge in [0.15, 0.2) is 9.84 Å². The number of hydrogen-bond acceptors (Lipinski definition) is 3. The highest BCUT2D eigenvalue weighted by Crippen LogP contribution is 2.24. The SMILES string of the molecule is C=C(C)c1ccc(C(=O)Cl)cc1S(C)(=O)=O. The van der Waals surface area contributed by atoms with Gasteiger partial charge in [0.25, 0.3) is 5.24 Å². The fourth-order valence-electron chi connectivity index (χ4n) is 1.30. The number of hydrogen-bond donors (Lipinski definition) is 0. The summed E-state index contributed by atoms with van der Waals surface area (Å²) in [5.74, 6) is 0. The zero-order valence-corrected chi connectivity index (χ0v) is 10.5. The lowest BCUT2D eigenvalue weighted by molar-refractivity contribution is 0.108. The second-order valence-corrected chi connectivity index (χ2v) is 5.86. The maximum Gasteiger partial charge on any atom is 0.252 e. The number of rotatable bonds is 3. The molecule has 3 nitrogen and oxygen atoms in total. The molecular weight excluding hydrogens is 248 g/mol. The van der Waals surface area contributed by atoms with Crippen molar-refractivity contribution in [2.45, 2.75) is 11.8 Å². The molecular formula is C11H11ClO3S. The summed E-state index contributed by atoms with van der Waals surface area (Å²) < 4.78 is 23.1. The van der Waals surface area contributed by atoms with Gasteiger partial charge >= 0.3 is 0 Å². The van der Waals surface area contributed by atoms with Crippen LogP contribution in [0.2, 0.25) is 0 Å². The van der Waals surface area contributed by atoms with E-state index in [4.69, 9.17) is 11.6 Å². The van der Waals surface area contributed by atoms with Gasteiger partial charge in [-0.3, -0.25) is 4.79 Å². The molecule has 0 amide bonds. The van der Waals surface area contributed by atoms with Crippen LogP contribution in [0, 0.1) is 0 Å². The number of benzene rings is 1. The van der Waals surface area contributed by atoms with Gasteiger partial charge in [-0.15, -0.1) is 0 Å². The van der Waals surface area contributed by atoms with Gasteiger partial charge in [0.2, 0.25) is 0 Å². The number of carbonyl (C=O) groups is 1. The molecule has 86 valence electrons. The van der Waals surface area contributed by atoms with Crippen molar-refractivity contribution in [2.75, 3.05) is 6.26 Å². The number of allylic oxidation sites excluding steroid dienone is 1. The Kier molecular flexibility index (Phi) is 3.55. The Bertz CT molecular complexity index is 559. The second-order valence-electron chi connectivity index (χ2n) is 3.54. The third kappa shape index (κ3) is 2.71. The van der Waals surface area contributed by atoms with Crippen molar-refractivity contribution in [3.63, 3.8) is 0 Å². The molecule has 1 aromatic rings. The molecule has 0 radical (unpaired) electrons. The summed E-state index contributed by atoms with van der Waals surface area (Å²) >= 11 is 5.30. The lowest BCUT2D eigenvalue weighted by atomic mass is 10.1. The lowest BCUT2D eigenvalue weighted by Crippen LogP contribution is -2.03. The van der Waals surface area contributed by atoms with Gasteiger partial charge in [-0.25, -0.2) is 8.42 Å². The molecule has 0 heterocycles. The van der Waals surface area contributed by atoms with Crippen molar-refractivity contribution < 1.29 is 13.2 Å². The van der Waals surface area contributed by atoms with Gasteiger partial charge in [-0.1, -0.05) is 12.6 Å². The van der Waals surface area contributed by atoms with E-state index in [0.29, 0.717) is 11.1 Å². The van der Waals surface area contributed by atoms with Crippen molar-refractivity contribution in [1.29, 1.82) is 0 Å². The fraction of sp³-hybridized carbons (Fsp3) is 0.182. The highest BCUT2D eigenvalue weighted by molar-refractivity contribution is 7.90. The van der Waals surface area contributed by atoms with E-state index >= 15 is 0 Å². The normalized spacial score (nSPS) is 11.2. The Morgan fingerprint density at radius 3 is 2.31 bits per heavy atom. The fourth-order valence-corrected chi connectivity index (χ4v) is 2.40. The number of sulfone groups is 1. The molecule has 0 aliphatic rings. The maximum absolute atomic E-state index is 11.5. The van der Waals surface area contributed by atoms with Crippen LogP contribution in [0.3, 0.4) is 0 Å². The highest BCUT2D eigenvalue weighted by Gasteiger charge is 2.16. The van der Waals surface area contributed by atoms with Crippen LogP contribution in [0.15, 0.2) is 29.7 Å². The summed E-state index contributed by atoms with van der Waals surface area (Å²) in [6.45, 7) is 5.39. The predicted molar refractivity (Wildman–Crippen MR) is 64.4 cm³/mol. The highest BCUT2D eigenvalue weighted by atomic mass is 35.5. The van der Waals surface area contributed by atoms with Crippen LogP contribution in [0.5, 0.6) is 0 Å². The quantitative estimate of drug-likeness (QED) is 0.783. The molecule has 0 fully saturated rings. The van der Waals surface area contributed by atoms with E-state index in [9.17, 15) is 13.2 Å². The average Bonchev–Trinajstić information content (AvgIpc) is 2.15. The minimum Gasteiger partial charge on any atom is -0.276 e. The molecule has 0 unspecified atom stereocenters. The lowest BCUT2D eigenvalue weighted by Gasteiger charge is -2.08. The minimum absolute atomic E-state index is 0.0755. The number of halogens is 1. The first-order valence-electron chi connectivity index (χ1n) is 4.43. The molecule has 0 saturated heterocycles. The second kappa shape index (κ2) is 4.39. The molecule has 0 aliphatic heterocycles. The molecule has 0 spiro atoms. The Morgan fingerprint density at radius 1 is 1.38 bits per heavy atom. The molecule has 0 atom stereocenters. The number of carbonyl (C=O) groups excluding carboxylic acids is 1. The van der Waals surface area contributed by atoms with Crippen LogP contribution >= 0.6 is 11.6 Å². The van der Waals surface area contributed by atoms with Gasteiger partial charge < -0.3 is 0 Å². The summed E-state index contributed by atoms with van der Waals surface area (Å²) in [6.07, 6.45) is 1.08. The molecule has 1 aromatic carbocycles. The van der Waals surface area contributed by atoms with E-state index in [0.717, 1.165) is 6.26 Å². The van der Waals surface area contributed by atoms with E-state index in [1.165, 1.54) is 18.2 Å². The summed E-state index contributed by atoms with van der Waals surface area (Å²) in [4.78, 5) is 11.0. The molecule has 0 aliphatic carbocycles. The smallest absolute Gasteiger partial charge is 0.252 e. The van der Waals surface area contributed by atoms with Crippen LogP contribution in [0.1, 0.15) is 22.8 Å². The van der Waals surface area contributed by atoms with Crippen molar-refractivity contribution in [3.8, 4) is 0 Å². The zero-order valence-electron chi connectivity index (χ0n) is 8.95.